The zero-order chi connectivity index (χ0) is 66.5. The smallest absolute Gasteiger partial charge is 0.00624 e. The van der Waals surface area contributed by atoms with Crippen LogP contribution in [0.25, 0.3) is 0 Å². The minimum atomic E-state index is 0.317. The van der Waals surface area contributed by atoms with Gasteiger partial charge >= 0.3 is 0 Å². The standard InChI is InChI=1S/C92H174/c1-8-14-20-26-31-36-41-45-48-50-53-57-62-67-73-79-85-91(88-90(83-77-70-25-19-13-6)84-78-72-66-61-56-51-44-39-34-29-23-17-11-4)92(86-80-74-68-63-58-40-35-30-24-18-12-5,87-81-75-69-64-59-54-47-43-38-33-28-22-16-10-3)89(7)82-76-71-65-60-55-52-49-46-42-37-32-27-21-15-9-2/h9-12,41,45,90-91H,2-5,7-8,13-40,42-44,46-88H2,1,6H3. The summed E-state index contributed by atoms with van der Waals surface area (Å²) in [7, 11) is 0. The monoisotopic (exact) mass is 1280 g/mol. The van der Waals surface area contributed by atoms with Crippen molar-refractivity contribution in [2.75, 3.05) is 0 Å². The van der Waals surface area contributed by atoms with Crippen molar-refractivity contribution in [3.63, 3.8) is 0 Å². The van der Waals surface area contributed by atoms with E-state index in [1.54, 1.807) is 5.57 Å². The highest BCUT2D eigenvalue weighted by atomic mass is 14.4. The van der Waals surface area contributed by atoms with Crippen LogP contribution in [-0.4, -0.2) is 0 Å². The summed E-state index contributed by atoms with van der Waals surface area (Å²) in [5.74, 6) is 1.70. The molecule has 0 bridgehead atoms. The molecule has 0 heteroatoms. The van der Waals surface area contributed by atoms with Crippen LogP contribution in [0.5, 0.6) is 0 Å². The summed E-state index contributed by atoms with van der Waals surface area (Å²) in [6.07, 6.45) is 119. The molecule has 0 aromatic heterocycles. The molecule has 0 heterocycles. The first-order chi connectivity index (χ1) is 45.6. The maximum Gasteiger partial charge on any atom is -0.00624 e. The van der Waals surface area contributed by atoms with Crippen molar-refractivity contribution in [1.29, 1.82) is 0 Å². The van der Waals surface area contributed by atoms with Crippen molar-refractivity contribution in [3.05, 3.63) is 74.9 Å². The van der Waals surface area contributed by atoms with Gasteiger partial charge in [-0.05, 0) is 133 Å². The van der Waals surface area contributed by atoms with Gasteiger partial charge in [-0.2, -0.15) is 0 Å². The molecule has 0 aliphatic heterocycles. The molecule has 0 amide bonds. The first kappa shape index (κ1) is 90.4. The highest BCUT2D eigenvalue weighted by Gasteiger charge is 2.40. The first-order valence-corrected chi connectivity index (χ1v) is 43.3. The summed E-state index contributed by atoms with van der Waals surface area (Å²) < 4.78 is 0. The van der Waals surface area contributed by atoms with Gasteiger partial charge in [0.2, 0.25) is 0 Å². The van der Waals surface area contributed by atoms with Gasteiger partial charge in [0.1, 0.15) is 0 Å². The fourth-order valence-electron chi connectivity index (χ4n) is 15.8. The van der Waals surface area contributed by atoms with E-state index in [4.69, 9.17) is 6.58 Å². The van der Waals surface area contributed by atoms with E-state index in [1.807, 2.05) is 0 Å². The Bertz CT molecular complexity index is 1480. The van der Waals surface area contributed by atoms with Crippen molar-refractivity contribution in [2.45, 2.75) is 495 Å². The molecule has 0 nitrogen and oxygen atoms in total. The van der Waals surface area contributed by atoms with Gasteiger partial charge in [0.15, 0.2) is 0 Å². The third-order valence-corrected chi connectivity index (χ3v) is 22.1. The topological polar surface area (TPSA) is 0 Å². The normalized spacial score (nSPS) is 13.1. The Morgan fingerprint density at radius 2 is 0.467 bits per heavy atom. The molecule has 3 unspecified atom stereocenters. The van der Waals surface area contributed by atoms with Gasteiger partial charge in [0.05, 0.1) is 0 Å². The first-order valence-electron chi connectivity index (χ1n) is 43.3. The third kappa shape index (κ3) is 64.4. The van der Waals surface area contributed by atoms with Crippen LogP contribution >= 0.6 is 0 Å². The lowest BCUT2D eigenvalue weighted by Gasteiger charge is -2.45. The second-order valence-electron chi connectivity index (χ2n) is 30.7. The van der Waals surface area contributed by atoms with E-state index >= 15 is 0 Å². The van der Waals surface area contributed by atoms with Crippen LogP contribution in [0.4, 0.5) is 0 Å². The molecule has 542 valence electrons. The van der Waals surface area contributed by atoms with Gasteiger partial charge in [-0.15, -0.1) is 26.3 Å². The van der Waals surface area contributed by atoms with Crippen LogP contribution in [0.3, 0.4) is 0 Å². The molecular weight excluding hydrogens is 1110 g/mol. The van der Waals surface area contributed by atoms with Crippen LogP contribution in [-0.2, 0) is 0 Å². The third-order valence-electron chi connectivity index (χ3n) is 22.1. The second kappa shape index (κ2) is 78.4. The van der Waals surface area contributed by atoms with Gasteiger partial charge in [-0.1, -0.05) is 428 Å². The number of rotatable bonds is 83. The maximum absolute atomic E-state index is 5.45. The Kier molecular flexibility index (Phi) is 77.1. The van der Waals surface area contributed by atoms with E-state index in [0.717, 1.165) is 11.8 Å². The van der Waals surface area contributed by atoms with Crippen LogP contribution in [0.1, 0.15) is 495 Å². The molecule has 0 radical (unpaired) electrons. The van der Waals surface area contributed by atoms with Crippen LogP contribution in [0.2, 0.25) is 0 Å². The maximum atomic E-state index is 5.45. The molecule has 0 aliphatic carbocycles. The number of allylic oxidation sites excluding steroid dienone is 7. The summed E-state index contributed by atoms with van der Waals surface area (Å²) in [6.45, 7) is 25.9. The SMILES string of the molecule is C=CCCCCCCCCCCCCCCCC(=C)C(CCCCCCCCCCCC=C)(CCCCCCCCCCCCCCC=C)C(CCCCCCCCCC=CCCCCCCC)CC(CCCCCCC)CCCCCCCCCCCCCC=C. The van der Waals surface area contributed by atoms with Crippen LogP contribution in [0.15, 0.2) is 74.9 Å². The molecule has 0 aliphatic rings. The van der Waals surface area contributed by atoms with E-state index in [9.17, 15) is 0 Å². The van der Waals surface area contributed by atoms with Crippen molar-refractivity contribution in [3.8, 4) is 0 Å². The minimum Gasteiger partial charge on any atom is -0.103 e. The summed E-state index contributed by atoms with van der Waals surface area (Å²) in [6, 6.07) is 0. The van der Waals surface area contributed by atoms with Gasteiger partial charge in [0.25, 0.3) is 0 Å². The van der Waals surface area contributed by atoms with E-state index in [2.05, 4.69) is 76.6 Å². The lowest BCUT2D eigenvalue weighted by molar-refractivity contribution is 0.114. The average molecular weight is 1280 g/mol. The Morgan fingerprint density at radius 1 is 0.250 bits per heavy atom. The zero-order valence-corrected chi connectivity index (χ0v) is 64.2. The van der Waals surface area contributed by atoms with Crippen molar-refractivity contribution in [1.82, 2.24) is 0 Å². The quantitative estimate of drug-likeness (QED) is 0.0421. The molecule has 0 spiro atoms. The summed E-state index contributed by atoms with van der Waals surface area (Å²) >= 11 is 0. The van der Waals surface area contributed by atoms with Gasteiger partial charge < -0.3 is 0 Å². The van der Waals surface area contributed by atoms with E-state index in [1.165, 1.54) is 482 Å². The fraction of sp³-hybridized carbons (Fsp3) is 0.870. The van der Waals surface area contributed by atoms with Gasteiger partial charge in [-0.3, -0.25) is 0 Å². The molecule has 0 rings (SSSR count). The number of unbranched alkanes of at least 4 members (excludes halogenated alkanes) is 61. The van der Waals surface area contributed by atoms with E-state index in [-0.39, 0.29) is 0 Å². The molecule has 0 N–H and O–H groups in total. The molecule has 92 heavy (non-hydrogen) atoms. The fourth-order valence-corrected chi connectivity index (χ4v) is 15.8. The number of hydrogen-bond donors (Lipinski definition) is 0. The molecule has 0 fully saturated rings. The Labute approximate surface area is 584 Å². The predicted octanol–water partition coefficient (Wildman–Crippen LogP) is 34.4. The molecule has 0 aromatic carbocycles. The lowest BCUT2D eigenvalue weighted by Crippen LogP contribution is -2.35. The second-order valence-corrected chi connectivity index (χ2v) is 30.7. The van der Waals surface area contributed by atoms with Crippen LogP contribution < -0.4 is 0 Å². The van der Waals surface area contributed by atoms with E-state index < -0.39 is 0 Å². The average Bonchev–Trinajstić information content (AvgIpc) is 0.877. The highest BCUT2D eigenvalue weighted by molar-refractivity contribution is 5.14. The van der Waals surface area contributed by atoms with Crippen molar-refractivity contribution >= 4 is 0 Å². The Hall–Kier alpha value is -1.56. The van der Waals surface area contributed by atoms with Crippen molar-refractivity contribution in [2.24, 2.45) is 17.3 Å². The van der Waals surface area contributed by atoms with Gasteiger partial charge in [0, 0.05) is 0 Å². The Balaban J connectivity index is 6.63. The molecule has 0 saturated carbocycles. The minimum absolute atomic E-state index is 0.317. The predicted molar refractivity (Wildman–Crippen MR) is 426 cm³/mol. The zero-order valence-electron chi connectivity index (χ0n) is 64.2. The summed E-state index contributed by atoms with van der Waals surface area (Å²) in [5.41, 5.74) is 2.07. The molecular formula is C92H174. The van der Waals surface area contributed by atoms with Crippen LogP contribution in [0, 0.1) is 17.3 Å². The lowest BCUT2D eigenvalue weighted by atomic mass is 9.59. The number of hydrogen-bond acceptors (Lipinski definition) is 0. The molecule has 0 aromatic rings. The molecule has 0 saturated heterocycles. The summed E-state index contributed by atoms with van der Waals surface area (Å²) in [4.78, 5) is 0. The Morgan fingerprint density at radius 3 is 0.739 bits per heavy atom. The molecule has 3 atom stereocenters. The van der Waals surface area contributed by atoms with Gasteiger partial charge in [-0.25, -0.2) is 0 Å². The largest absolute Gasteiger partial charge is 0.103 e. The summed E-state index contributed by atoms with van der Waals surface area (Å²) in [5, 5.41) is 0. The van der Waals surface area contributed by atoms with E-state index in [0.29, 0.717) is 5.41 Å². The highest BCUT2D eigenvalue weighted by Crippen LogP contribution is 2.52. The van der Waals surface area contributed by atoms with Crippen molar-refractivity contribution < 1.29 is 0 Å².